The Morgan fingerprint density at radius 3 is 2.59 bits per heavy atom. The minimum Gasteiger partial charge on any atom is -0.494 e. The molecule has 1 unspecified atom stereocenters. The van der Waals surface area contributed by atoms with E-state index >= 15 is 0 Å². The molecular weight excluding hydrogens is 418 g/mol. The molecule has 0 spiro atoms. The van der Waals surface area contributed by atoms with Gasteiger partial charge < -0.3 is 14.8 Å². The van der Waals surface area contributed by atoms with Gasteiger partial charge in [-0.1, -0.05) is 43.5 Å². The van der Waals surface area contributed by atoms with Crippen LogP contribution in [0.2, 0.25) is 0 Å². The van der Waals surface area contributed by atoms with Crippen molar-refractivity contribution in [2.24, 2.45) is 0 Å². The first kappa shape index (κ1) is 24.1. The summed E-state index contributed by atoms with van der Waals surface area (Å²) >= 11 is 0. The number of carbonyl (C=O) groups is 1. The van der Waals surface area contributed by atoms with Crippen LogP contribution >= 0.6 is 0 Å². The Morgan fingerprint density at radius 2 is 1.97 bits per heavy atom. The zero-order valence-corrected chi connectivity index (χ0v) is 19.5. The summed E-state index contributed by atoms with van der Waals surface area (Å²) in [6.07, 6.45) is 16.3. The van der Waals surface area contributed by atoms with E-state index in [1.807, 2.05) is 30.3 Å². The number of carbonyl (C=O) groups excluding carboxylic acids is 1. The van der Waals surface area contributed by atoms with Crippen LogP contribution in [0.15, 0.2) is 89.4 Å². The molecule has 1 aromatic carbocycles. The van der Waals surface area contributed by atoms with Gasteiger partial charge in [-0.3, -0.25) is 4.21 Å². The van der Waals surface area contributed by atoms with E-state index in [9.17, 15) is 9.00 Å². The maximum atomic E-state index is 13.0. The molecule has 32 heavy (non-hydrogen) atoms. The van der Waals surface area contributed by atoms with Crippen molar-refractivity contribution < 1.29 is 13.7 Å². The number of hydrogen-bond donors (Lipinski definition) is 1. The predicted molar refractivity (Wildman–Crippen MR) is 132 cm³/mol. The van der Waals surface area contributed by atoms with Crippen LogP contribution < -0.4 is 10.1 Å². The van der Waals surface area contributed by atoms with Crippen LogP contribution in [-0.4, -0.2) is 34.9 Å². The first-order valence-corrected chi connectivity index (χ1v) is 12.4. The van der Waals surface area contributed by atoms with E-state index in [4.69, 9.17) is 4.74 Å². The lowest BCUT2D eigenvalue weighted by Gasteiger charge is -2.31. The molecule has 1 aliphatic carbocycles. The van der Waals surface area contributed by atoms with Gasteiger partial charge in [0.1, 0.15) is 16.8 Å². The van der Waals surface area contributed by atoms with Crippen molar-refractivity contribution in [1.29, 1.82) is 0 Å². The van der Waals surface area contributed by atoms with E-state index in [2.05, 4.69) is 42.8 Å². The van der Waals surface area contributed by atoms with Gasteiger partial charge in [0.05, 0.1) is 17.4 Å². The van der Waals surface area contributed by atoms with Crippen molar-refractivity contribution in [3.05, 3.63) is 84.5 Å². The molecule has 1 fully saturated rings. The first-order valence-electron chi connectivity index (χ1n) is 11.3. The second-order valence-electron chi connectivity index (χ2n) is 8.23. The molecule has 5 heteroatoms. The second-order valence-corrected chi connectivity index (χ2v) is 10.1. The van der Waals surface area contributed by atoms with Crippen molar-refractivity contribution in [2.75, 3.05) is 19.7 Å². The highest BCUT2D eigenvalue weighted by molar-refractivity contribution is 7.87. The highest BCUT2D eigenvalue weighted by atomic mass is 32.2. The lowest BCUT2D eigenvalue weighted by molar-refractivity contribution is -0.110. The minimum atomic E-state index is -1.36. The second kappa shape index (κ2) is 11.9. The summed E-state index contributed by atoms with van der Waals surface area (Å²) in [5.41, 5.74) is 3.48. The first-order chi connectivity index (χ1) is 15.6. The van der Waals surface area contributed by atoms with E-state index in [0.29, 0.717) is 24.3 Å². The van der Waals surface area contributed by atoms with Crippen LogP contribution in [0.4, 0.5) is 0 Å². The predicted octanol–water partition coefficient (Wildman–Crippen LogP) is 5.22. The number of benzene rings is 1. The maximum absolute atomic E-state index is 13.0. The monoisotopic (exact) mass is 451 g/mol. The molecule has 0 radical (unpaired) electrons. The van der Waals surface area contributed by atoms with Crippen LogP contribution in [0, 0.1) is 0 Å². The number of ether oxygens (including phenoxy) is 1. The van der Waals surface area contributed by atoms with Gasteiger partial charge in [0.2, 0.25) is 0 Å². The van der Waals surface area contributed by atoms with Crippen molar-refractivity contribution in [2.45, 2.75) is 48.2 Å². The van der Waals surface area contributed by atoms with E-state index in [1.165, 1.54) is 5.57 Å². The molecule has 0 amide bonds. The van der Waals surface area contributed by atoms with E-state index in [1.54, 1.807) is 0 Å². The molecular formula is C27H33NO3S. The number of allylic oxidation sites excluding steroid dienone is 8. The van der Waals surface area contributed by atoms with Gasteiger partial charge in [0.15, 0.2) is 0 Å². The Kier molecular flexibility index (Phi) is 9.00. The third-order valence-corrected chi connectivity index (χ3v) is 7.94. The molecule has 1 heterocycles. The number of nitrogens with one attached hydrogen (secondary N) is 1. The van der Waals surface area contributed by atoms with Crippen molar-refractivity contribution >= 4 is 17.1 Å². The van der Waals surface area contributed by atoms with Crippen LogP contribution in [0.1, 0.15) is 38.5 Å². The molecule has 1 atom stereocenters. The molecule has 0 bridgehead atoms. The quantitative estimate of drug-likeness (QED) is 0.285. The number of piperidine rings is 1. The topological polar surface area (TPSA) is 55.4 Å². The van der Waals surface area contributed by atoms with Crippen LogP contribution in [0.3, 0.4) is 0 Å². The summed E-state index contributed by atoms with van der Waals surface area (Å²) in [7, 11) is -1.36. The molecule has 3 rings (SSSR count). The Hall–Kier alpha value is -2.50. The van der Waals surface area contributed by atoms with Gasteiger partial charge in [-0.2, -0.15) is 0 Å². The SMILES string of the molecule is C=C/C(=C\C(=C)C1=CC=CCC1)CCCOc1ccc(S(=O)C2(C=O)CCNCC2)cc1. The summed E-state index contributed by atoms with van der Waals surface area (Å²) in [5, 5.41) is 3.22. The average molecular weight is 452 g/mol. The van der Waals surface area contributed by atoms with Crippen molar-refractivity contribution in [1.82, 2.24) is 5.32 Å². The summed E-state index contributed by atoms with van der Waals surface area (Å²) in [6.45, 7) is 10.1. The summed E-state index contributed by atoms with van der Waals surface area (Å²) in [4.78, 5) is 12.4. The third kappa shape index (κ3) is 6.27. The van der Waals surface area contributed by atoms with Crippen molar-refractivity contribution in [3.8, 4) is 5.75 Å². The highest BCUT2D eigenvalue weighted by Crippen LogP contribution is 2.29. The minimum absolute atomic E-state index is 0.579. The molecule has 1 saturated heterocycles. The number of rotatable bonds is 11. The summed E-state index contributed by atoms with van der Waals surface area (Å²) in [6, 6.07) is 7.29. The Morgan fingerprint density at radius 1 is 1.22 bits per heavy atom. The molecule has 0 saturated carbocycles. The molecule has 1 aromatic rings. The van der Waals surface area contributed by atoms with E-state index in [-0.39, 0.29) is 0 Å². The Bertz CT molecular complexity index is 934. The molecule has 2 aliphatic rings. The average Bonchev–Trinajstić information content (AvgIpc) is 2.86. The molecule has 1 N–H and O–H groups in total. The van der Waals surface area contributed by atoms with Crippen molar-refractivity contribution in [3.63, 3.8) is 0 Å². The van der Waals surface area contributed by atoms with Gasteiger partial charge in [-0.05, 0) is 92.6 Å². The zero-order chi connectivity index (χ0) is 22.8. The smallest absolute Gasteiger partial charge is 0.139 e. The lowest BCUT2D eigenvalue weighted by Crippen LogP contribution is -2.46. The van der Waals surface area contributed by atoms with E-state index in [0.717, 1.165) is 62.0 Å². The van der Waals surface area contributed by atoms with Gasteiger partial charge in [-0.15, -0.1) is 0 Å². The van der Waals surface area contributed by atoms with Gasteiger partial charge in [0.25, 0.3) is 0 Å². The standard InChI is InChI=1S/C27H33NO3S/c1-3-23(20-22(2)24-9-5-4-6-10-24)8-7-19-31-25-11-13-26(14-12-25)32(30)27(21-29)15-17-28-18-16-27/h3-5,9,11-14,20-21,28H,1-2,6-8,10,15-19H2/b23-20+. The fraction of sp³-hybridized carbons (Fsp3) is 0.370. The molecule has 4 nitrogen and oxygen atoms in total. The van der Waals surface area contributed by atoms with Gasteiger partial charge >= 0.3 is 0 Å². The largest absolute Gasteiger partial charge is 0.494 e. The number of hydrogen-bond acceptors (Lipinski definition) is 4. The number of aldehydes is 1. The molecule has 1 aliphatic heterocycles. The molecule has 0 aromatic heterocycles. The fourth-order valence-electron chi connectivity index (χ4n) is 3.98. The van der Waals surface area contributed by atoms with Gasteiger partial charge in [-0.25, -0.2) is 0 Å². The Balaban J connectivity index is 1.49. The van der Waals surface area contributed by atoms with Crippen LogP contribution in [0.5, 0.6) is 5.75 Å². The maximum Gasteiger partial charge on any atom is 0.139 e. The van der Waals surface area contributed by atoms with E-state index < -0.39 is 15.5 Å². The third-order valence-electron chi connectivity index (χ3n) is 6.00. The van der Waals surface area contributed by atoms with Crippen LogP contribution in [0.25, 0.3) is 0 Å². The van der Waals surface area contributed by atoms with Gasteiger partial charge in [0, 0.05) is 4.90 Å². The summed E-state index contributed by atoms with van der Waals surface area (Å²) in [5.74, 6) is 0.740. The lowest BCUT2D eigenvalue weighted by atomic mass is 9.96. The normalized spacial score (nSPS) is 19.0. The zero-order valence-electron chi connectivity index (χ0n) is 18.7. The molecule has 170 valence electrons. The Labute approximate surface area is 194 Å². The van der Waals surface area contributed by atoms with Crippen LogP contribution in [-0.2, 0) is 15.6 Å². The summed E-state index contributed by atoms with van der Waals surface area (Å²) < 4.78 is 18.1. The highest BCUT2D eigenvalue weighted by Gasteiger charge is 2.38. The fourth-order valence-corrected chi connectivity index (χ4v) is 5.49.